The van der Waals surface area contributed by atoms with Gasteiger partial charge in [-0.15, -0.1) is 0 Å². The molecule has 0 atom stereocenters. The van der Waals surface area contributed by atoms with E-state index in [9.17, 15) is 4.79 Å². The summed E-state index contributed by atoms with van der Waals surface area (Å²) in [5.74, 6) is 1.45. The molecule has 5 nitrogen and oxygen atoms in total. The number of ether oxygens (including phenoxy) is 2. The molecule has 0 saturated heterocycles. The van der Waals surface area contributed by atoms with Gasteiger partial charge in [-0.1, -0.05) is 0 Å². The van der Waals surface area contributed by atoms with Crippen LogP contribution < -0.4 is 9.47 Å². The van der Waals surface area contributed by atoms with Crippen molar-refractivity contribution >= 4 is 16.8 Å². The highest BCUT2D eigenvalue weighted by molar-refractivity contribution is 6.01. The number of rotatable bonds is 3. The molecule has 0 spiro atoms. The SMILES string of the molecule is CCN(CC)C(=O)c1c(C)nc2cc3c(cc2c1C)OCO3. The predicted molar refractivity (Wildman–Crippen MR) is 84.6 cm³/mol. The first-order chi connectivity index (χ1) is 10.6. The number of nitrogens with zero attached hydrogens (tertiary/aromatic N) is 2. The van der Waals surface area contributed by atoms with E-state index in [4.69, 9.17) is 9.47 Å². The average molecular weight is 300 g/mol. The molecule has 0 N–H and O–H groups in total. The largest absolute Gasteiger partial charge is 0.454 e. The topological polar surface area (TPSA) is 51.7 Å². The lowest BCUT2D eigenvalue weighted by molar-refractivity contribution is 0.0771. The Bertz CT molecular complexity index is 751. The first-order valence-corrected chi connectivity index (χ1v) is 7.56. The van der Waals surface area contributed by atoms with Crippen LogP contribution >= 0.6 is 0 Å². The molecule has 22 heavy (non-hydrogen) atoms. The Hall–Kier alpha value is -2.30. The lowest BCUT2D eigenvalue weighted by Crippen LogP contribution is -2.31. The molecular formula is C17H20N2O3. The van der Waals surface area contributed by atoms with Gasteiger partial charge in [0.15, 0.2) is 11.5 Å². The number of hydrogen-bond acceptors (Lipinski definition) is 4. The van der Waals surface area contributed by atoms with Crippen LogP contribution in [-0.4, -0.2) is 35.7 Å². The molecule has 0 aliphatic carbocycles. The maximum atomic E-state index is 12.8. The van der Waals surface area contributed by atoms with Gasteiger partial charge in [0, 0.05) is 24.5 Å². The van der Waals surface area contributed by atoms with Crippen molar-refractivity contribution in [3.8, 4) is 11.5 Å². The Labute approximate surface area is 129 Å². The molecule has 0 unspecified atom stereocenters. The zero-order valence-corrected chi connectivity index (χ0v) is 13.4. The Morgan fingerprint density at radius 1 is 1.18 bits per heavy atom. The predicted octanol–water partition coefficient (Wildman–Crippen LogP) is 3.06. The number of benzene rings is 1. The van der Waals surface area contributed by atoms with E-state index < -0.39 is 0 Å². The number of pyridine rings is 1. The van der Waals surface area contributed by atoms with Crippen molar-refractivity contribution in [1.82, 2.24) is 9.88 Å². The van der Waals surface area contributed by atoms with E-state index in [2.05, 4.69) is 4.98 Å². The van der Waals surface area contributed by atoms with Crippen molar-refractivity contribution in [2.75, 3.05) is 19.9 Å². The van der Waals surface area contributed by atoms with Crippen LogP contribution in [-0.2, 0) is 0 Å². The van der Waals surface area contributed by atoms with Crippen LogP contribution in [0.1, 0.15) is 35.5 Å². The highest BCUT2D eigenvalue weighted by Gasteiger charge is 2.22. The molecular weight excluding hydrogens is 280 g/mol. The minimum absolute atomic E-state index is 0.0343. The van der Waals surface area contributed by atoms with Crippen molar-refractivity contribution in [2.24, 2.45) is 0 Å². The maximum absolute atomic E-state index is 12.8. The van der Waals surface area contributed by atoms with E-state index in [0.717, 1.165) is 22.2 Å². The van der Waals surface area contributed by atoms with E-state index in [0.29, 0.717) is 30.2 Å². The van der Waals surface area contributed by atoms with Crippen molar-refractivity contribution < 1.29 is 14.3 Å². The number of carbonyl (C=O) groups excluding carboxylic acids is 1. The van der Waals surface area contributed by atoms with Gasteiger partial charge >= 0.3 is 0 Å². The van der Waals surface area contributed by atoms with Gasteiger partial charge < -0.3 is 14.4 Å². The third-order valence-electron chi connectivity index (χ3n) is 4.18. The van der Waals surface area contributed by atoms with Crippen molar-refractivity contribution in [2.45, 2.75) is 27.7 Å². The molecule has 3 rings (SSSR count). The number of hydrogen-bond donors (Lipinski definition) is 0. The highest BCUT2D eigenvalue weighted by Crippen LogP contribution is 2.37. The van der Waals surface area contributed by atoms with Crippen LogP contribution in [0.2, 0.25) is 0 Å². The van der Waals surface area contributed by atoms with Gasteiger partial charge in [0.1, 0.15) is 0 Å². The second kappa shape index (κ2) is 5.48. The highest BCUT2D eigenvalue weighted by atomic mass is 16.7. The molecule has 5 heteroatoms. The smallest absolute Gasteiger partial charge is 0.255 e. The zero-order valence-electron chi connectivity index (χ0n) is 13.4. The number of amides is 1. The van der Waals surface area contributed by atoms with Gasteiger partial charge in [-0.25, -0.2) is 0 Å². The van der Waals surface area contributed by atoms with E-state index in [1.54, 1.807) is 0 Å². The van der Waals surface area contributed by atoms with Crippen LogP contribution in [0, 0.1) is 13.8 Å². The molecule has 1 amide bonds. The summed E-state index contributed by atoms with van der Waals surface area (Å²) in [6, 6.07) is 3.79. The quantitative estimate of drug-likeness (QED) is 0.874. The minimum atomic E-state index is 0.0343. The first kappa shape index (κ1) is 14.6. The molecule has 0 bridgehead atoms. The second-order valence-corrected chi connectivity index (χ2v) is 5.40. The number of aromatic nitrogens is 1. The van der Waals surface area contributed by atoms with Gasteiger partial charge in [-0.2, -0.15) is 0 Å². The third kappa shape index (κ3) is 2.17. The monoisotopic (exact) mass is 300 g/mol. The van der Waals surface area contributed by atoms with Gasteiger partial charge in [0.2, 0.25) is 6.79 Å². The summed E-state index contributed by atoms with van der Waals surface area (Å²) in [6.07, 6.45) is 0. The molecule has 0 saturated carbocycles. The summed E-state index contributed by atoms with van der Waals surface area (Å²) >= 11 is 0. The minimum Gasteiger partial charge on any atom is -0.454 e. The molecule has 0 fully saturated rings. The Morgan fingerprint density at radius 2 is 1.82 bits per heavy atom. The summed E-state index contributed by atoms with van der Waals surface area (Å²) < 4.78 is 10.8. The molecule has 2 aromatic rings. The Balaban J connectivity index is 2.19. The van der Waals surface area contributed by atoms with Crippen LogP contribution in [0.4, 0.5) is 0 Å². The molecule has 116 valence electrons. The van der Waals surface area contributed by atoms with Crippen LogP contribution in [0.3, 0.4) is 0 Å². The molecule has 2 heterocycles. The average Bonchev–Trinajstić information content (AvgIpc) is 2.94. The summed E-state index contributed by atoms with van der Waals surface area (Å²) in [7, 11) is 0. The number of carbonyl (C=O) groups is 1. The molecule has 0 radical (unpaired) electrons. The summed E-state index contributed by atoms with van der Waals surface area (Å²) in [5, 5.41) is 0.936. The van der Waals surface area contributed by atoms with E-state index in [1.165, 1.54) is 0 Å². The van der Waals surface area contributed by atoms with E-state index in [1.807, 2.05) is 44.7 Å². The normalized spacial score (nSPS) is 12.7. The fraction of sp³-hybridized carbons (Fsp3) is 0.412. The van der Waals surface area contributed by atoms with Crippen molar-refractivity contribution in [3.63, 3.8) is 0 Å². The summed E-state index contributed by atoms with van der Waals surface area (Å²) in [4.78, 5) is 19.2. The summed E-state index contributed by atoms with van der Waals surface area (Å²) in [5.41, 5.74) is 3.21. The van der Waals surface area contributed by atoms with E-state index in [-0.39, 0.29) is 12.7 Å². The fourth-order valence-electron chi connectivity index (χ4n) is 2.95. The van der Waals surface area contributed by atoms with Gasteiger partial charge in [0.25, 0.3) is 5.91 Å². The van der Waals surface area contributed by atoms with Gasteiger partial charge in [-0.3, -0.25) is 9.78 Å². The maximum Gasteiger partial charge on any atom is 0.255 e. The number of aryl methyl sites for hydroxylation is 2. The van der Waals surface area contributed by atoms with Crippen LogP contribution in [0.15, 0.2) is 12.1 Å². The number of fused-ring (bicyclic) bond motifs is 2. The zero-order chi connectivity index (χ0) is 15.9. The Kier molecular flexibility index (Phi) is 3.64. The molecule has 1 aromatic heterocycles. The van der Waals surface area contributed by atoms with Crippen LogP contribution in [0.25, 0.3) is 10.9 Å². The van der Waals surface area contributed by atoms with Crippen molar-refractivity contribution in [1.29, 1.82) is 0 Å². The van der Waals surface area contributed by atoms with Gasteiger partial charge in [-0.05, 0) is 39.3 Å². The first-order valence-electron chi connectivity index (χ1n) is 7.56. The summed E-state index contributed by atoms with van der Waals surface area (Å²) in [6.45, 7) is 9.43. The second-order valence-electron chi connectivity index (χ2n) is 5.40. The lowest BCUT2D eigenvalue weighted by Gasteiger charge is -2.21. The fourth-order valence-corrected chi connectivity index (χ4v) is 2.95. The molecule has 1 aliphatic rings. The van der Waals surface area contributed by atoms with E-state index >= 15 is 0 Å². The third-order valence-corrected chi connectivity index (χ3v) is 4.18. The van der Waals surface area contributed by atoms with Crippen molar-refractivity contribution in [3.05, 3.63) is 29.0 Å². The standard InChI is InChI=1S/C17H20N2O3/c1-5-19(6-2)17(20)16-10(3)12-7-14-15(22-9-21-14)8-13(12)18-11(16)4/h7-8H,5-6,9H2,1-4H3. The lowest BCUT2D eigenvalue weighted by atomic mass is 10.0. The van der Waals surface area contributed by atoms with Gasteiger partial charge in [0.05, 0.1) is 16.8 Å². The Morgan fingerprint density at radius 3 is 2.45 bits per heavy atom. The molecule has 1 aliphatic heterocycles. The van der Waals surface area contributed by atoms with Crippen LogP contribution in [0.5, 0.6) is 11.5 Å². The molecule has 1 aromatic carbocycles.